The number of anilines is 1. The van der Waals surface area contributed by atoms with Crippen LogP contribution in [0.5, 0.6) is 11.6 Å². The Labute approximate surface area is 168 Å². The second-order valence-electron chi connectivity index (χ2n) is 6.48. The van der Waals surface area contributed by atoms with Crippen LogP contribution in [0.2, 0.25) is 0 Å². The van der Waals surface area contributed by atoms with Crippen molar-refractivity contribution in [3.8, 4) is 11.6 Å². The van der Waals surface area contributed by atoms with Crippen molar-refractivity contribution in [3.63, 3.8) is 0 Å². The monoisotopic (exact) mass is 409 g/mol. The van der Waals surface area contributed by atoms with Crippen LogP contribution in [0.1, 0.15) is 11.3 Å². The Hall–Kier alpha value is -3.59. The number of hydrogen-bond acceptors (Lipinski definition) is 5. The average molecular weight is 409 g/mol. The van der Waals surface area contributed by atoms with Gasteiger partial charge in [0.2, 0.25) is 5.88 Å². The molecule has 8 nitrogen and oxygen atoms in total. The highest BCUT2D eigenvalue weighted by molar-refractivity contribution is 7.92. The predicted molar refractivity (Wildman–Crippen MR) is 108 cm³/mol. The van der Waals surface area contributed by atoms with Crippen molar-refractivity contribution < 1.29 is 13.2 Å². The van der Waals surface area contributed by atoms with Gasteiger partial charge in [-0.1, -0.05) is 30.3 Å². The second kappa shape index (κ2) is 7.80. The third-order valence-electron chi connectivity index (χ3n) is 4.12. The molecule has 0 bridgehead atoms. The Morgan fingerprint density at radius 1 is 1.10 bits per heavy atom. The summed E-state index contributed by atoms with van der Waals surface area (Å²) in [4.78, 5) is 0.0979. The molecule has 0 aliphatic carbocycles. The topological polar surface area (TPSA) is 102 Å². The molecule has 0 saturated carbocycles. The number of aryl methyl sites for hydroxylation is 1. The first kappa shape index (κ1) is 18.8. The summed E-state index contributed by atoms with van der Waals surface area (Å²) in [6, 6.07) is 18.1. The predicted octanol–water partition coefficient (Wildman–Crippen LogP) is 3.56. The van der Waals surface area contributed by atoms with Gasteiger partial charge >= 0.3 is 0 Å². The minimum atomic E-state index is -3.74. The number of hydrogen-bond donors (Lipinski definition) is 2. The van der Waals surface area contributed by atoms with Crippen molar-refractivity contribution in [2.24, 2.45) is 0 Å². The van der Waals surface area contributed by atoms with Crippen LogP contribution in [0.15, 0.2) is 78.0 Å². The lowest BCUT2D eigenvalue weighted by molar-refractivity contribution is 0.461. The first-order valence-corrected chi connectivity index (χ1v) is 10.4. The maximum absolute atomic E-state index is 12.6. The first-order valence-electron chi connectivity index (χ1n) is 8.87. The highest BCUT2D eigenvalue weighted by Crippen LogP contribution is 2.23. The Kier molecular flexibility index (Phi) is 5.05. The van der Waals surface area contributed by atoms with Gasteiger partial charge in [0.05, 0.1) is 12.7 Å². The van der Waals surface area contributed by atoms with Crippen molar-refractivity contribution in [2.75, 3.05) is 4.72 Å². The number of nitrogens with zero attached hydrogens (tertiary/aromatic N) is 3. The van der Waals surface area contributed by atoms with E-state index in [1.165, 1.54) is 12.4 Å². The Morgan fingerprint density at radius 3 is 2.55 bits per heavy atom. The summed E-state index contributed by atoms with van der Waals surface area (Å²) in [5, 5.41) is 10.9. The molecule has 0 aliphatic heterocycles. The third-order valence-corrected chi connectivity index (χ3v) is 5.45. The van der Waals surface area contributed by atoms with Crippen molar-refractivity contribution >= 4 is 15.7 Å². The maximum Gasteiger partial charge on any atom is 0.265 e. The minimum absolute atomic E-state index is 0.0979. The summed E-state index contributed by atoms with van der Waals surface area (Å²) in [7, 11) is -3.74. The summed E-state index contributed by atoms with van der Waals surface area (Å²) >= 11 is 0. The molecule has 0 aliphatic rings. The summed E-state index contributed by atoms with van der Waals surface area (Å²) in [6.45, 7) is 2.37. The molecule has 0 fully saturated rings. The zero-order chi connectivity index (χ0) is 20.3. The molecular formula is C20H19N5O3S. The summed E-state index contributed by atoms with van der Waals surface area (Å²) in [5.74, 6) is 0.997. The van der Waals surface area contributed by atoms with Crippen LogP contribution in [-0.4, -0.2) is 28.4 Å². The van der Waals surface area contributed by atoms with Crippen molar-refractivity contribution in [3.05, 3.63) is 84.3 Å². The molecule has 2 aromatic carbocycles. The van der Waals surface area contributed by atoms with E-state index in [-0.39, 0.29) is 4.90 Å². The summed E-state index contributed by atoms with van der Waals surface area (Å²) in [6.07, 6.45) is 2.84. The van der Waals surface area contributed by atoms with E-state index in [2.05, 4.69) is 20.0 Å². The second-order valence-corrected chi connectivity index (χ2v) is 8.16. The fourth-order valence-corrected chi connectivity index (χ4v) is 3.72. The number of nitrogens with one attached hydrogen (secondary N) is 2. The fourth-order valence-electron chi connectivity index (χ4n) is 2.71. The fraction of sp³-hybridized carbons (Fsp3) is 0.100. The quantitative estimate of drug-likeness (QED) is 0.486. The van der Waals surface area contributed by atoms with Crippen molar-refractivity contribution in [1.29, 1.82) is 0 Å². The molecule has 9 heteroatoms. The van der Waals surface area contributed by atoms with E-state index >= 15 is 0 Å². The lowest BCUT2D eigenvalue weighted by Crippen LogP contribution is -2.12. The van der Waals surface area contributed by atoms with E-state index in [1.807, 2.05) is 37.3 Å². The summed E-state index contributed by atoms with van der Waals surface area (Å²) in [5.41, 5.74) is 2.35. The number of aromatic nitrogens is 4. The molecule has 4 rings (SSSR count). The number of benzene rings is 2. The van der Waals surface area contributed by atoms with E-state index < -0.39 is 10.0 Å². The van der Waals surface area contributed by atoms with E-state index in [1.54, 1.807) is 35.0 Å². The van der Waals surface area contributed by atoms with Gasteiger partial charge in [0.1, 0.15) is 10.6 Å². The van der Waals surface area contributed by atoms with E-state index in [9.17, 15) is 8.42 Å². The molecule has 0 amide bonds. The van der Waals surface area contributed by atoms with Crippen molar-refractivity contribution in [2.45, 2.75) is 18.4 Å². The van der Waals surface area contributed by atoms with Gasteiger partial charge < -0.3 is 4.74 Å². The third kappa shape index (κ3) is 4.64. The zero-order valence-electron chi connectivity index (χ0n) is 15.6. The van der Waals surface area contributed by atoms with Crippen LogP contribution >= 0.6 is 0 Å². The number of sulfonamides is 1. The first-order chi connectivity index (χ1) is 14.0. The molecule has 2 heterocycles. The molecular weight excluding hydrogens is 390 g/mol. The molecule has 29 heavy (non-hydrogen) atoms. The molecule has 0 saturated heterocycles. The molecule has 2 N–H and O–H groups in total. The average Bonchev–Trinajstić information content (AvgIpc) is 3.33. The molecule has 0 spiro atoms. The van der Waals surface area contributed by atoms with Crippen LogP contribution in [0.3, 0.4) is 0 Å². The van der Waals surface area contributed by atoms with Gasteiger partial charge in [0.15, 0.2) is 0 Å². The van der Waals surface area contributed by atoms with Gasteiger partial charge in [-0.2, -0.15) is 5.10 Å². The van der Waals surface area contributed by atoms with Gasteiger partial charge in [0.25, 0.3) is 10.0 Å². The van der Waals surface area contributed by atoms with Crippen molar-refractivity contribution in [1.82, 2.24) is 20.0 Å². The molecule has 0 unspecified atom stereocenters. The molecule has 0 atom stereocenters. The van der Waals surface area contributed by atoms with E-state index in [4.69, 9.17) is 4.74 Å². The number of rotatable bonds is 7. The number of aromatic amines is 1. The lowest BCUT2D eigenvalue weighted by atomic mass is 10.2. The minimum Gasteiger partial charge on any atom is -0.438 e. The molecule has 4 aromatic rings. The highest BCUT2D eigenvalue weighted by Gasteiger charge is 2.17. The number of H-pyrrole nitrogens is 1. The maximum atomic E-state index is 12.6. The Balaban J connectivity index is 1.43. The smallest absolute Gasteiger partial charge is 0.265 e. The normalized spacial score (nSPS) is 11.3. The van der Waals surface area contributed by atoms with E-state index in [0.717, 1.165) is 11.3 Å². The Morgan fingerprint density at radius 2 is 1.86 bits per heavy atom. The summed E-state index contributed by atoms with van der Waals surface area (Å²) < 4.78 is 35.0. The molecule has 0 radical (unpaired) electrons. The van der Waals surface area contributed by atoms with Gasteiger partial charge in [0, 0.05) is 23.6 Å². The van der Waals surface area contributed by atoms with Crippen LogP contribution in [0, 0.1) is 6.92 Å². The highest BCUT2D eigenvalue weighted by atomic mass is 32.2. The van der Waals surface area contributed by atoms with Gasteiger partial charge in [-0.15, -0.1) is 5.10 Å². The van der Waals surface area contributed by atoms with Crippen LogP contribution in [-0.2, 0) is 16.6 Å². The van der Waals surface area contributed by atoms with Crippen LogP contribution in [0.25, 0.3) is 0 Å². The van der Waals surface area contributed by atoms with Gasteiger partial charge in [-0.05, 0) is 36.8 Å². The largest absolute Gasteiger partial charge is 0.438 e. The Bertz CT molecular complexity index is 1200. The molecule has 148 valence electrons. The number of ether oxygens (including phenoxy) is 1. The van der Waals surface area contributed by atoms with Gasteiger partial charge in [-0.25, -0.2) is 8.42 Å². The lowest BCUT2D eigenvalue weighted by Gasteiger charge is -2.07. The molecule has 2 aromatic heterocycles. The van der Waals surface area contributed by atoms with Gasteiger partial charge in [-0.3, -0.25) is 14.5 Å². The standard InChI is InChI=1S/C20H19N5O3S/c1-15-11-20(23-22-15)28-18-9-7-17(8-10-18)24-29(26,27)19-12-21-25(14-19)13-16-5-3-2-4-6-16/h2-12,14,24H,13H2,1H3,(H,22,23). The van der Waals surface area contributed by atoms with E-state index in [0.29, 0.717) is 23.9 Å². The SMILES string of the molecule is Cc1cc(Oc2ccc(NS(=O)(=O)c3cnn(Cc4ccccc4)c3)cc2)n[nH]1. The van der Waals surface area contributed by atoms with Crippen LogP contribution < -0.4 is 9.46 Å². The van der Waals surface area contributed by atoms with Crippen LogP contribution in [0.4, 0.5) is 5.69 Å². The zero-order valence-corrected chi connectivity index (χ0v) is 16.4.